The zero-order chi connectivity index (χ0) is 36.1. The van der Waals surface area contributed by atoms with E-state index in [0.29, 0.717) is 6.01 Å². The first-order valence-corrected chi connectivity index (χ1v) is 18.7. The van der Waals surface area contributed by atoms with Crippen LogP contribution in [0.4, 0.5) is 0 Å². The summed E-state index contributed by atoms with van der Waals surface area (Å²) in [4.78, 5) is 5.10. The van der Waals surface area contributed by atoms with Crippen LogP contribution in [0.25, 0.3) is 66.0 Å². The predicted octanol–water partition coefficient (Wildman–Crippen LogP) is 12.2. The largest absolute Gasteiger partial charge is 0.425 e. The number of hydrogen-bond acceptors (Lipinski definition) is 2. The molecule has 0 amide bonds. The van der Waals surface area contributed by atoms with Crippen molar-refractivity contribution in [3.05, 3.63) is 211 Å². The zero-order valence-electron chi connectivity index (χ0n) is 29.7. The monoisotopic (exact) mass is 704 g/mol. The first-order chi connectivity index (χ1) is 27.3. The van der Waals surface area contributed by atoms with Crippen LogP contribution in [0.1, 0.15) is 16.7 Å². The summed E-state index contributed by atoms with van der Waals surface area (Å²) in [7, 11) is 0. The maximum atomic E-state index is 6.91. The average molecular weight is 705 g/mol. The van der Waals surface area contributed by atoms with E-state index >= 15 is 0 Å². The molecule has 0 unspecified atom stereocenters. The Hall–Kier alpha value is -7.37. The molecular formula is C50H32N4O. The molecule has 258 valence electrons. The van der Waals surface area contributed by atoms with Gasteiger partial charge in [0.25, 0.3) is 0 Å². The molecule has 1 aliphatic heterocycles. The molecule has 0 spiro atoms. The second kappa shape index (κ2) is 11.3. The molecule has 55 heavy (non-hydrogen) atoms. The van der Waals surface area contributed by atoms with E-state index in [4.69, 9.17) is 9.72 Å². The molecule has 3 aromatic heterocycles. The number of rotatable bonds is 4. The van der Waals surface area contributed by atoms with Gasteiger partial charge in [0.2, 0.25) is 0 Å². The van der Waals surface area contributed by atoms with Gasteiger partial charge in [-0.05, 0) is 65.7 Å². The molecule has 0 radical (unpaired) electrons. The molecule has 8 aromatic carbocycles. The number of fused-ring (bicyclic) bond motifs is 10. The van der Waals surface area contributed by atoms with Crippen LogP contribution in [0.3, 0.4) is 0 Å². The van der Waals surface area contributed by atoms with Gasteiger partial charge in [-0.2, -0.15) is 4.98 Å². The van der Waals surface area contributed by atoms with Crippen LogP contribution in [-0.2, 0) is 5.54 Å². The van der Waals surface area contributed by atoms with E-state index in [-0.39, 0.29) is 0 Å². The van der Waals surface area contributed by atoms with E-state index in [1.54, 1.807) is 0 Å². The van der Waals surface area contributed by atoms with Gasteiger partial charge < -0.3 is 13.9 Å². The number of benzene rings is 8. The molecule has 12 rings (SSSR count). The predicted molar refractivity (Wildman–Crippen MR) is 223 cm³/mol. The number of nitrogens with zero attached hydrogens (tertiary/aromatic N) is 4. The number of aromatic nitrogens is 4. The first kappa shape index (κ1) is 30.1. The van der Waals surface area contributed by atoms with Gasteiger partial charge in [-0.3, -0.25) is 4.57 Å². The van der Waals surface area contributed by atoms with Gasteiger partial charge in [0, 0.05) is 44.5 Å². The molecule has 0 aliphatic carbocycles. The van der Waals surface area contributed by atoms with Crippen LogP contribution in [-0.4, -0.2) is 18.7 Å². The summed E-state index contributed by atoms with van der Waals surface area (Å²) in [5.74, 6) is 0.779. The van der Waals surface area contributed by atoms with Crippen molar-refractivity contribution in [3.63, 3.8) is 0 Å². The highest BCUT2D eigenvalue weighted by Crippen LogP contribution is 2.53. The highest BCUT2D eigenvalue weighted by molar-refractivity contribution is 6.12. The molecule has 0 fully saturated rings. The normalized spacial score (nSPS) is 13.4. The maximum absolute atomic E-state index is 6.91. The van der Waals surface area contributed by atoms with Crippen molar-refractivity contribution in [1.82, 2.24) is 18.7 Å². The lowest BCUT2D eigenvalue weighted by molar-refractivity contribution is 0.336. The Bertz CT molecular complexity index is 3200. The lowest BCUT2D eigenvalue weighted by Crippen LogP contribution is -2.40. The molecule has 0 saturated heterocycles. The van der Waals surface area contributed by atoms with Crippen molar-refractivity contribution in [3.8, 4) is 23.1 Å². The van der Waals surface area contributed by atoms with E-state index in [0.717, 1.165) is 55.9 Å². The van der Waals surface area contributed by atoms with E-state index in [1.807, 2.05) is 6.07 Å². The van der Waals surface area contributed by atoms with Crippen LogP contribution in [0.5, 0.6) is 11.8 Å². The highest BCUT2D eigenvalue weighted by atomic mass is 16.5. The molecule has 5 nitrogen and oxygen atoms in total. The summed E-state index contributed by atoms with van der Waals surface area (Å²) in [5.41, 5.74) is 11.3. The van der Waals surface area contributed by atoms with Crippen molar-refractivity contribution < 1.29 is 4.74 Å². The number of imidazole rings is 1. The Labute approximate surface area is 316 Å². The molecule has 0 saturated carbocycles. The smallest absolute Gasteiger partial charge is 0.304 e. The van der Waals surface area contributed by atoms with Gasteiger partial charge in [0.1, 0.15) is 11.3 Å². The Kier molecular flexibility index (Phi) is 6.20. The van der Waals surface area contributed by atoms with Crippen LogP contribution >= 0.6 is 0 Å². The van der Waals surface area contributed by atoms with Crippen molar-refractivity contribution >= 4 is 54.6 Å². The van der Waals surface area contributed by atoms with Gasteiger partial charge in [0.05, 0.1) is 33.1 Å². The van der Waals surface area contributed by atoms with Crippen molar-refractivity contribution in [1.29, 1.82) is 0 Å². The highest BCUT2D eigenvalue weighted by Gasteiger charge is 2.46. The minimum absolute atomic E-state index is 0.566. The van der Waals surface area contributed by atoms with Crippen molar-refractivity contribution in [2.24, 2.45) is 0 Å². The van der Waals surface area contributed by atoms with Gasteiger partial charge in [-0.15, -0.1) is 0 Å². The standard InChI is InChI=1S/C50H32N4O/c1-3-15-33(16-4-1)50(34-17-5-2-6-18-34)41-29-27-36(32-48(41)55-49-51-42-22-10-14-26-47(42)54(49)50)53-45-25-13-9-21-39(45)40-31-35(28-30-46(40)53)52-43-23-11-7-19-37(43)38-20-8-12-24-44(38)52/h1-32H. The van der Waals surface area contributed by atoms with E-state index in [9.17, 15) is 0 Å². The van der Waals surface area contributed by atoms with Crippen LogP contribution in [0, 0.1) is 0 Å². The fourth-order valence-corrected chi connectivity index (χ4v) is 9.32. The fraction of sp³-hybridized carbons (Fsp3) is 0.0200. The van der Waals surface area contributed by atoms with Crippen LogP contribution in [0.2, 0.25) is 0 Å². The third-order valence-electron chi connectivity index (χ3n) is 11.6. The summed E-state index contributed by atoms with van der Waals surface area (Å²) >= 11 is 0. The van der Waals surface area contributed by atoms with Gasteiger partial charge in [-0.1, -0.05) is 133 Å². The summed E-state index contributed by atoms with van der Waals surface area (Å²) in [5, 5.41) is 4.90. The number of hydrogen-bond donors (Lipinski definition) is 0. The minimum Gasteiger partial charge on any atom is -0.425 e. The molecule has 1 aliphatic rings. The maximum Gasteiger partial charge on any atom is 0.304 e. The minimum atomic E-state index is -0.738. The average Bonchev–Trinajstić information content (AvgIpc) is 3.91. The lowest BCUT2D eigenvalue weighted by atomic mass is 9.75. The third kappa shape index (κ3) is 4.09. The molecule has 0 bridgehead atoms. The Morgan fingerprint density at radius 3 is 1.49 bits per heavy atom. The zero-order valence-corrected chi connectivity index (χ0v) is 29.7. The fourth-order valence-electron chi connectivity index (χ4n) is 9.32. The molecule has 0 N–H and O–H groups in total. The second-order valence-corrected chi connectivity index (χ2v) is 14.4. The summed E-state index contributed by atoms with van der Waals surface area (Å²) in [6.45, 7) is 0. The van der Waals surface area contributed by atoms with E-state index in [1.165, 1.54) is 32.6 Å². The number of ether oxygens (including phenoxy) is 1. The topological polar surface area (TPSA) is 36.9 Å². The summed E-state index contributed by atoms with van der Waals surface area (Å²) in [6.07, 6.45) is 0. The Balaban J connectivity index is 1.11. The van der Waals surface area contributed by atoms with Crippen LogP contribution < -0.4 is 4.74 Å². The SMILES string of the molecule is c1ccc(C2(c3ccccc3)c3ccc(-n4c5ccccc5c5cc(-n6c7ccccc7c7ccccc76)ccc54)cc3Oc3nc4ccccc4n32)cc1. The first-order valence-electron chi connectivity index (χ1n) is 18.7. The molecule has 0 atom stereocenters. The summed E-state index contributed by atoms with van der Waals surface area (Å²) in [6, 6.07) is 70.0. The Morgan fingerprint density at radius 2 is 0.873 bits per heavy atom. The van der Waals surface area contributed by atoms with E-state index in [2.05, 4.69) is 202 Å². The van der Waals surface area contributed by atoms with Crippen molar-refractivity contribution in [2.75, 3.05) is 0 Å². The quantitative estimate of drug-likeness (QED) is 0.183. The summed E-state index contributed by atoms with van der Waals surface area (Å²) < 4.78 is 14.0. The van der Waals surface area contributed by atoms with Gasteiger partial charge >= 0.3 is 6.01 Å². The van der Waals surface area contributed by atoms with Gasteiger partial charge in [0.15, 0.2) is 0 Å². The molecule has 11 aromatic rings. The molecule has 5 heteroatoms. The Morgan fingerprint density at radius 1 is 0.400 bits per heavy atom. The second-order valence-electron chi connectivity index (χ2n) is 14.4. The van der Waals surface area contributed by atoms with Crippen molar-refractivity contribution in [2.45, 2.75) is 5.54 Å². The lowest BCUT2D eigenvalue weighted by Gasteiger charge is -2.42. The van der Waals surface area contributed by atoms with E-state index < -0.39 is 5.54 Å². The van der Waals surface area contributed by atoms with Crippen LogP contribution in [0.15, 0.2) is 194 Å². The number of para-hydroxylation sites is 5. The molecular weight excluding hydrogens is 673 g/mol. The third-order valence-corrected chi connectivity index (χ3v) is 11.6. The molecule has 4 heterocycles. The van der Waals surface area contributed by atoms with Gasteiger partial charge in [-0.25, -0.2) is 0 Å².